The van der Waals surface area contributed by atoms with Gasteiger partial charge in [-0.1, -0.05) is 30.3 Å². The number of rotatable bonds is 7. The van der Waals surface area contributed by atoms with E-state index in [2.05, 4.69) is 29.2 Å². The molecular weight excluding hydrogens is 266 g/mol. The second-order valence-corrected chi connectivity index (χ2v) is 6.28. The Morgan fingerprint density at radius 2 is 2.19 bits per heavy atom. The van der Waals surface area contributed by atoms with Crippen LogP contribution in [0.1, 0.15) is 5.56 Å². The first-order valence-corrected chi connectivity index (χ1v) is 7.73. The van der Waals surface area contributed by atoms with Gasteiger partial charge in [0, 0.05) is 38.1 Å². The molecule has 2 fully saturated rings. The van der Waals surface area contributed by atoms with Crippen molar-refractivity contribution < 1.29 is 14.2 Å². The van der Waals surface area contributed by atoms with E-state index in [9.17, 15) is 0 Å². The summed E-state index contributed by atoms with van der Waals surface area (Å²) in [4.78, 5) is 2.50. The van der Waals surface area contributed by atoms with Crippen LogP contribution in [0, 0.1) is 11.3 Å². The second-order valence-electron chi connectivity index (χ2n) is 6.28. The van der Waals surface area contributed by atoms with Gasteiger partial charge in [-0.15, -0.1) is 0 Å². The monoisotopic (exact) mass is 291 g/mol. The summed E-state index contributed by atoms with van der Waals surface area (Å²) in [7, 11) is 1.79. The van der Waals surface area contributed by atoms with Crippen LogP contribution in [0.25, 0.3) is 0 Å². The van der Waals surface area contributed by atoms with Crippen molar-refractivity contribution in [3.63, 3.8) is 0 Å². The first-order valence-electron chi connectivity index (χ1n) is 7.73. The van der Waals surface area contributed by atoms with E-state index in [4.69, 9.17) is 14.2 Å². The Morgan fingerprint density at radius 1 is 1.33 bits per heavy atom. The highest BCUT2D eigenvalue weighted by molar-refractivity contribution is 5.13. The maximum Gasteiger partial charge on any atom is 0.0717 e. The molecule has 0 aliphatic carbocycles. The van der Waals surface area contributed by atoms with Crippen molar-refractivity contribution in [1.82, 2.24) is 4.90 Å². The zero-order chi connectivity index (χ0) is 14.5. The lowest BCUT2D eigenvalue weighted by Crippen LogP contribution is -2.36. The van der Waals surface area contributed by atoms with E-state index < -0.39 is 0 Å². The summed E-state index contributed by atoms with van der Waals surface area (Å²) < 4.78 is 16.9. The number of benzene rings is 1. The molecule has 3 rings (SSSR count). The molecule has 0 unspecified atom stereocenters. The van der Waals surface area contributed by atoms with Gasteiger partial charge in [0.1, 0.15) is 0 Å². The van der Waals surface area contributed by atoms with Gasteiger partial charge >= 0.3 is 0 Å². The van der Waals surface area contributed by atoms with Gasteiger partial charge in [0.2, 0.25) is 0 Å². The Balaban J connectivity index is 1.41. The molecule has 1 aromatic rings. The van der Waals surface area contributed by atoms with Crippen molar-refractivity contribution in [3.05, 3.63) is 35.9 Å². The van der Waals surface area contributed by atoms with E-state index in [1.54, 1.807) is 7.11 Å². The standard InChI is InChI=1S/C17H25NO3/c1-19-13-17-12-18(9-16(17)11-21-14-17)7-8-20-10-15-5-3-2-4-6-15/h2-6,16H,7-14H2,1H3/t16-,17-/m1/s1. The van der Waals surface area contributed by atoms with Gasteiger partial charge in [0.25, 0.3) is 0 Å². The average Bonchev–Trinajstić information content (AvgIpc) is 3.01. The fraction of sp³-hybridized carbons (Fsp3) is 0.647. The van der Waals surface area contributed by atoms with Gasteiger partial charge in [-0.2, -0.15) is 0 Å². The number of likely N-dealkylation sites (tertiary alicyclic amines) is 1. The van der Waals surface area contributed by atoms with Crippen LogP contribution in [0.5, 0.6) is 0 Å². The van der Waals surface area contributed by atoms with Crippen molar-refractivity contribution in [2.45, 2.75) is 6.61 Å². The molecule has 2 heterocycles. The van der Waals surface area contributed by atoms with Crippen molar-refractivity contribution in [3.8, 4) is 0 Å². The number of nitrogens with zero attached hydrogens (tertiary/aromatic N) is 1. The molecule has 4 heteroatoms. The zero-order valence-corrected chi connectivity index (χ0v) is 12.8. The highest BCUT2D eigenvalue weighted by Crippen LogP contribution is 2.41. The van der Waals surface area contributed by atoms with Crippen molar-refractivity contribution in [1.29, 1.82) is 0 Å². The van der Waals surface area contributed by atoms with E-state index in [0.29, 0.717) is 12.5 Å². The van der Waals surface area contributed by atoms with Crippen molar-refractivity contribution in [2.24, 2.45) is 11.3 Å². The lowest BCUT2D eigenvalue weighted by Gasteiger charge is -2.26. The van der Waals surface area contributed by atoms with Crippen LogP contribution in [0.2, 0.25) is 0 Å². The molecule has 4 nitrogen and oxygen atoms in total. The summed E-state index contributed by atoms with van der Waals surface area (Å²) in [6.07, 6.45) is 0. The Kier molecular flexibility index (Phi) is 4.91. The van der Waals surface area contributed by atoms with Crippen LogP contribution in [-0.2, 0) is 20.8 Å². The third-order valence-electron chi connectivity index (χ3n) is 4.69. The molecule has 116 valence electrons. The van der Waals surface area contributed by atoms with Gasteiger partial charge < -0.3 is 14.2 Å². The molecule has 0 N–H and O–H groups in total. The first-order chi connectivity index (χ1) is 10.3. The Labute approximate surface area is 127 Å². The fourth-order valence-electron chi connectivity index (χ4n) is 3.56. The third kappa shape index (κ3) is 3.46. The van der Waals surface area contributed by atoms with Crippen LogP contribution in [0.3, 0.4) is 0 Å². The Morgan fingerprint density at radius 3 is 3.00 bits per heavy atom. The quantitative estimate of drug-likeness (QED) is 0.717. The van der Waals surface area contributed by atoms with Crippen molar-refractivity contribution in [2.75, 3.05) is 53.2 Å². The molecule has 0 spiro atoms. The normalized spacial score (nSPS) is 28.9. The summed E-state index contributed by atoms with van der Waals surface area (Å²) >= 11 is 0. The molecule has 0 aromatic heterocycles. The molecular formula is C17H25NO3. The van der Waals surface area contributed by atoms with Crippen LogP contribution in [0.4, 0.5) is 0 Å². The van der Waals surface area contributed by atoms with Gasteiger partial charge in [-0.25, -0.2) is 0 Å². The van der Waals surface area contributed by atoms with Crippen LogP contribution in [-0.4, -0.2) is 58.1 Å². The molecule has 21 heavy (non-hydrogen) atoms. The van der Waals surface area contributed by atoms with Crippen LogP contribution in [0.15, 0.2) is 30.3 Å². The highest BCUT2D eigenvalue weighted by Gasteiger charge is 2.50. The lowest BCUT2D eigenvalue weighted by atomic mass is 9.82. The van der Waals surface area contributed by atoms with Crippen LogP contribution >= 0.6 is 0 Å². The summed E-state index contributed by atoms with van der Waals surface area (Å²) in [5.74, 6) is 0.617. The lowest BCUT2D eigenvalue weighted by molar-refractivity contribution is 0.0467. The maximum absolute atomic E-state index is 5.79. The highest BCUT2D eigenvalue weighted by atomic mass is 16.5. The largest absolute Gasteiger partial charge is 0.384 e. The smallest absolute Gasteiger partial charge is 0.0717 e. The first kappa shape index (κ1) is 15.0. The minimum Gasteiger partial charge on any atom is -0.384 e. The topological polar surface area (TPSA) is 30.9 Å². The number of ether oxygens (including phenoxy) is 3. The molecule has 0 saturated carbocycles. The maximum atomic E-state index is 5.79. The Bertz CT molecular complexity index is 439. The van der Waals surface area contributed by atoms with Gasteiger partial charge in [-0.05, 0) is 5.56 Å². The number of fused-ring (bicyclic) bond motifs is 1. The number of hydrogen-bond acceptors (Lipinski definition) is 4. The molecule has 2 atom stereocenters. The predicted molar refractivity (Wildman–Crippen MR) is 81.2 cm³/mol. The second kappa shape index (κ2) is 6.88. The van der Waals surface area contributed by atoms with E-state index in [1.807, 2.05) is 6.07 Å². The van der Waals surface area contributed by atoms with E-state index in [0.717, 1.165) is 46.1 Å². The molecule has 2 saturated heterocycles. The van der Waals surface area contributed by atoms with Crippen LogP contribution < -0.4 is 0 Å². The van der Waals surface area contributed by atoms with Gasteiger partial charge in [0.05, 0.1) is 33.0 Å². The summed E-state index contributed by atoms with van der Waals surface area (Å²) in [5.41, 5.74) is 1.45. The molecule has 0 radical (unpaired) electrons. The SMILES string of the molecule is COC[C@]12COC[C@H]1CN(CCOCc1ccccc1)C2. The van der Waals surface area contributed by atoms with E-state index >= 15 is 0 Å². The van der Waals surface area contributed by atoms with E-state index in [1.165, 1.54) is 5.56 Å². The number of methoxy groups -OCH3 is 1. The van der Waals surface area contributed by atoms with E-state index in [-0.39, 0.29) is 5.41 Å². The fourth-order valence-corrected chi connectivity index (χ4v) is 3.56. The summed E-state index contributed by atoms with van der Waals surface area (Å²) in [5, 5.41) is 0. The van der Waals surface area contributed by atoms with Gasteiger partial charge in [-0.3, -0.25) is 4.90 Å². The molecule has 0 amide bonds. The minimum atomic E-state index is 0.216. The number of hydrogen-bond donors (Lipinski definition) is 0. The minimum absolute atomic E-state index is 0.216. The summed E-state index contributed by atoms with van der Waals surface area (Å²) in [6, 6.07) is 10.3. The predicted octanol–water partition coefficient (Wildman–Crippen LogP) is 1.80. The third-order valence-corrected chi connectivity index (χ3v) is 4.69. The molecule has 1 aromatic carbocycles. The molecule has 2 aliphatic heterocycles. The zero-order valence-electron chi connectivity index (χ0n) is 12.8. The van der Waals surface area contributed by atoms with Gasteiger partial charge in [0.15, 0.2) is 0 Å². The molecule has 0 bridgehead atoms. The summed E-state index contributed by atoms with van der Waals surface area (Å²) in [6.45, 7) is 7.18. The molecule has 2 aliphatic rings. The average molecular weight is 291 g/mol. The van der Waals surface area contributed by atoms with Crippen molar-refractivity contribution >= 4 is 0 Å². The Hall–Kier alpha value is -0.940.